The fraction of sp³-hybridized carbons (Fsp3) is 0.520. The molecule has 2 aromatic rings. The zero-order valence-electron chi connectivity index (χ0n) is 20.0. The minimum atomic E-state index is -3.01. The van der Waals surface area contributed by atoms with E-state index in [1.54, 1.807) is 0 Å². The second kappa shape index (κ2) is 9.76. The third kappa shape index (κ3) is 4.68. The highest BCUT2D eigenvalue weighted by molar-refractivity contribution is 6.31. The molecule has 38 heavy (non-hydrogen) atoms. The van der Waals surface area contributed by atoms with E-state index in [2.05, 4.69) is 15.6 Å². The molecule has 5 atom stereocenters. The molecule has 1 saturated carbocycles. The van der Waals surface area contributed by atoms with E-state index in [9.17, 15) is 37.2 Å². The smallest absolute Gasteiger partial charge is 0.271 e. The number of likely N-dealkylation sites (tertiary alicyclic amines) is 1. The van der Waals surface area contributed by atoms with E-state index < -0.39 is 77.1 Å². The molecule has 5 unspecified atom stereocenters. The van der Waals surface area contributed by atoms with Gasteiger partial charge in [0.25, 0.3) is 5.91 Å². The van der Waals surface area contributed by atoms with Crippen molar-refractivity contribution in [2.45, 2.75) is 50.1 Å². The summed E-state index contributed by atoms with van der Waals surface area (Å²) in [5.41, 5.74) is -0.569. The van der Waals surface area contributed by atoms with Gasteiger partial charge in [0.05, 0.1) is 16.6 Å². The number of nitrogens with zero attached hydrogens (tertiary/aromatic N) is 2. The summed E-state index contributed by atoms with van der Waals surface area (Å²) in [4.78, 5) is 42.6. The zero-order valence-corrected chi connectivity index (χ0v) is 20.8. The molecule has 3 amide bonds. The van der Waals surface area contributed by atoms with Crippen LogP contribution in [0.15, 0.2) is 12.1 Å². The van der Waals surface area contributed by atoms with Crippen molar-refractivity contribution in [3.63, 3.8) is 0 Å². The average molecular weight is 554 g/mol. The largest absolute Gasteiger partial charge is 0.356 e. The van der Waals surface area contributed by atoms with Gasteiger partial charge in [-0.05, 0) is 43.2 Å². The first-order chi connectivity index (χ1) is 18.0. The predicted octanol–water partition coefficient (Wildman–Crippen LogP) is 3.51. The number of fused-ring (bicyclic) bond motifs is 2. The Morgan fingerprint density at radius 2 is 2.05 bits per heavy atom. The molecule has 8 nitrogen and oxygen atoms in total. The maximum absolute atomic E-state index is 14.5. The number of hydrogen-bond donors (Lipinski definition) is 3. The number of aromatic amines is 1. The summed E-state index contributed by atoms with van der Waals surface area (Å²) in [5, 5.41) is 14.2. The van der Waals surface area contributed by atoms with Crippen molar-refractivity contribution < 1.29 is 31.9 Å². The molecule has 0 spiro atoms. The SMILES string of the molecule is N#CC(CC1CCCNC1=O)NC(=O)C1C2CC(F)(F)CC2CN1C(=O)c1cc2c(F)cc(Cl)c(F)c2[nH]1. The third-order valence-electron chi connectivity index (χ3n) is 7.78. The fourth-order valence-electron chi connectivity index (χ4n) is 6.05. The Balaban J connectivity index is 1.41. The normalized spacial score (nSPS) is 27.1. The van der Waals surface area contributed by atoms with Crippen LogP contribution in [-0.4, -0.2) is 58.7 Å². The lowest BCUT2D eigenvalue weighted by Gasteiger charge is -2.29. The van der Waals surface area contributed by atoms with Gasteiger partial charge >= 0.3 is 0 Å². The van der Waals surface area contributed by atoms with Crippen molar-refractivity contribution in [3.05, 3.63) is 34.5 Å². The second-order valence-corrected chi connectivity index (χ2v) is 10.7. The molecule has 3 fully saturated rings. The highest BCUT2D eigenvalue weighted by Gasteiger charge is 2.58. The molecule has 2 aliphatic heterocycles. The number of benzene rings is 1. The molecule has 3 heterocycles. The van der Waals surface area contributed by atoms with Crippen molar-refractivity contribution in [2.24, 2.45) is 17.8 Å². The van der Waals surface area contributed by atoms with Gasteiger partial charge in [-0.25, -0.2) is 17.6 Å². The number of aromatic nitrogens is 1. The maximum Gasteiger partial charge on any atom is 0.271 e. The maximum atomic E-state index is 14.5. The monoisotopic (exact) mass is 553 g/mol. The number of hydrogen-bond acceptors (Lipinski definition) is 4. The number of alkyl halides is 2. The first-order valence-electron chi connectivity index (χ1n) is 12.3. The lowest BCUT2D eigenvalue weighted by atomic mass is 9.90. The van der Waals surface area contributed by atoms with Crippen LogP contribution in [0.3, 0.4) is 0 Å². The molecule has 5 rings (SSSR count). The number of amides is 3. The Morgan fingerprint density at radius 1 is 1.29 bits per heavy atom. The molecule has 0 bridgehead atoms. The molecule has 202 valence electrons. The molecule has 3 aliphatic rings. The van der Waals surface area contributed by atoms with Crippen LogP contribution in [-0.2, 0) is 9.59 Å². The van der Waals surface area contributed by atoms with Crippen LogP contribution < -0.4 is 10.6 Å². The summed E-state index contributed by atoms with van der Waals surface area (Å²) >= 11 is 5.70. The second-order valence-electron chi connectivity index (χ2n) is 10.3. The van der Waals surface area contributed by atoms with E-state index in [0.717, 1.165) is 23.5 Å². The molecule has 1 aromatic carbocycles. The fourth-order valence-corrected chi connectivity index (χ4v) is 6.24. The Kier molecular flexibility index (Phi) is 6.75. The zero-order chi connectivity index (χ0) is 27.4. The molecule has 1 aromatic heterocycles. The number of nitriles is 1. The van der Waals surface area contributed by atoms with Gasteiger partial charge in [-0.15, -0.1) is 0 Å². The van der Waals surface area contributed by atoms with Crippen LogP contribution >= 0.6 is 11.6 Å². The number of carbonyl (C=O) groups is 3. The Hall–Kier alpha value is -3.33. The summed E-state index contributed by atoms with van der Waals surface area (Å²) in [6.07, 6.45) is 0.180. The lowest BCUT2D eigenvalue weighted by Crippen LogP contribution is -2.52. The quantitative estimate of drug-likeness (QED) is 0.388. The third-order valence-corrected chi connectivity index (χ3v) is 8.06. The van der Waals surface area contributed by atoms with E-state index >= 15 is 0 Å². The van der Waals surface area contributed by atoms with Crippen LogP contribution in [0.5, 0.6) is 0 Å². The molecule has 0 radical (unpaired) electrons. The van der Waals surface area contributed by atoms with Gasteiger partial charge in [0, 0.05) is 37.2 Å². The Labute approximate surface area is 219 Å². The average Bonchev–Trinajstić information content (AvgIpc) is 3.53. The van der Waals surface area contributed by atoms with Crippen molar-refractivity contribution in [3.8, 4) is 6.07 Å². The van der Waals surface area contributed by atoms with Crippen LogP contribution in [0, 0.1) is 40.7 Å². The van der Waals surface area contributed by atoms with Crippen LogP contribution in [0.1, 0.15) is 42.6 Å². The highest BCUT2D eigenvalue weighted by Crippen LogP contribution is 2.50. The van der Waals surface area contributed by atoms with Gasteiger partial charge in [0.2, 0.25) is 17.7 Å². The number of piperidine rings is 1. The lowest BCUT2D eigenvalue weighted by molar-refractivity contribution is -0.129. The van der Waals surface area contributed by atoms with Crippen LogP contribution in [0.4, 0.5) is 17.6 Å². The summed E-state index contributed by atoms with van der Waals surface area (Å²) in [6.45, 7) is 0.365. The summed E-state index contributed by atoms with van der Waals surface area (Å²) in [6, 6.07) is 1.40. The van der Waals surface area contributed by atoms with E-state index in [1.165, 1.54) is 0 Å². The highest BCUT2D eigenvalue weighted by atomic mass is 35.5. The number of rotatable bonds is 5. The molecular weight excluding hydrogens is 530 g/mol. The number of carbonyl (C=O) groups excluding carboxylic acids is 3. The minimum absolute atomic E-state index is 0.0420. The van der Waals surface area contributed by atoms with Crippen molar-refractivity contribution in [1.29, 1.82) is 5.26 Å². The van der Waals surface area contributed by atoms with Crippen molar-refractivity contribution >= 4 is 40.2 Å². The standard InChI is InChI=1S/C25H24ClF4N5O3/c26-16-6-17(27)14-5-18(34-20(14)19(16)28)24(38)35-10-12-7-25(29,30)8-15(12)21(35)23(37)33-13(9-31)4-11-2-1-3-32-22(11)36/h5-6,11-13,15,21,34H,1-4,7-8,10H2,(H,32,36)(H,33,37). The number of nitrogens with one attached hydrogen (secondary N) is 3. The van der Waals surface area contributed by atoms with Gasteiger partial charge < -0.3 is 20.5 Å². The number of H-pyrrole nitrogens is 1. The molecule has 1 aliphatic carbocycles. The van der Waals surface area contributed by atoms with Gasteiger partial charge in [-0.1, -0.05) is 11.6 Å². The van der Waals surface area contributed by atoms with Crippen LogP contribution in [0.25, 0.3) is 10.9 Å². The van der Waals surface area contributed by atoms with E-state index in [1.807, 2.05) is 6.07 Å². The predicted molar refractivity (Wildman–Crippen MR) is 127 cm³/mol. The number of halogens is 5. The summed E-state index contributed by atoms with van der Waals surface area (Å²) in [7, 11) is 0. The topological polar surface area (TPSA) is 118 Å². The summed E-state index contributed by atoms with van der Waals surface area (Å²) < 4.78 is 57.3. The van der Waals surface area contributed by atoms with Gasteiger partial charge in [-0.3, -0.25) is 14.4 Å². The molecule has 2 saturated heterocycles. The molecule has 3 N–H and O–H groups in total. The van der Waals surface area contributed by atoms with Crippen molar-refractivity contribution in [2.75, 3.05) is 13.1 Å². The molecular formula is C25H24ClF4N5O3. The van der Waals surface area contributed by atoms with E-state index in [0.29, 0.717) is 13.0 Å². The van der Waals surface area contributed by atoms with E-state index in [4.69, 9.17) is 11.6 Å². The van der Waals surface area contributed by atoms with Gasteiger partial charge in [0.15, 0.2) is 5.82 Å². The van der Waals surface area contributed by atoms with Gasteiger partial charge in [0.1, 0.15) is 23.6 Å². The Morgan fingerprint density at radius 3 is 2.76 bits per heavy atom. The Bertz CT molecular complexity index is 1360. The molecule has 13 heteroatoms. The first kappa shape index (κ1) is 26.3. The minimum Gasteiger partial charge on any atom is -0.356 e. The van der Waals surface area contributed by atoms with Gasteiger partial charge in [-0.2, -0.15) is 5.26 Å². The first-order valence-corrected chi connectivity index (χ1v) is 12.7. The summed E-state index contributed by atoms with van der Waals surface area (Å²) in [5.74, 6) is -8.69. The van der Waals surface area contributed by atoms with E-state index in [-0.39, 0.29) is 35.5 Å². The van der Waals surface area contributed by atoms with Crippen molar-refractivity contribution in [1.82, 2.24) is 20.5 Å². The van der Waals surface area contributed by atoms with Crippen LogP contribution in [0.2, 0.25) is 5.02 Å².